The van der Waals surface area contributed by atoms with Crippen LogP contribution in [0.2, 0.25) is 0 Å². The topological polar surface area (TPSA) is 35.5 Å². The number of carbonyl (C=O) groups excluding carboxylic acids is 1. The van der Waals surface area contributed by atoms with E-state index in [1.165, 1.54) is 77.7 Å². The molecule has 1 saturated heterocycles. The Balaban J connectivity index is 1.92. The van der Waals surface area contributed by atoms with E-state index >= 15 is 0 Å². The molecule has 0 aliphatic carbocycles. The number of rotatable bonds is 12. The van der Waals surface area contributed by atoms with E-state index in [1.807, 2.05) is 0 Å². The Morgan fingerprint density at radius 2 is 1.55 bits per heavy atom. The third-order valence-electron chi connectivity index (χ3n) is 4.70. The molecule has 0 aromatic rings. The quantitative estimate of drug-likeness (QED) is 0.357. The Morgan fingerprint density at radius 1 is 0.955 bits per heavy atom. The highest BCUT2D eigenvalue weighted by Gasteiger charge is 2.21. The second kappa shape index (κ2) is 12.9. The van der Waals surface area contributed by atoms with Gasteiger partial charge < -0.3 is 9.47 Å². The Labute approximate surface area is 137 Å². The first kappa shape index (κ1) is 19.5. The zero-order valence-corrected chi connectivity index (χ0v) is 14.8. The molecular formula is C19H36O3. The fraction of sp³-hybridized carbons (Fsp3) is 0.947. The lowest BCUT2D eigenvalue weighted by Crippen LogP contribution is -2.27. The minimum absolute atomic E-state index is 0.0768. The van der Waals surface area contributed by atoms with E-state index in [2.05, 4.69) is 11.7 Å². The SMILES string of the molecule is CCCCC1CCCC(CCCCCCCCC(=O)OC)O1. The van der Waals surface area contributed by atoms with Gasteiger partial charge in [0.1, 0.15) is 0 Å². The number of methoxy groups -OCH3 is 1. The first-order valence-corrected chi connectivity index (χ1v) is 9.48. The van der Waals surface area contributed by atoms with Gasteiger partial charge in [-0.25, -0.2) is 0 Å². The molecule has 2 unspecified atom stereocenters. The standard InChI is InChI=1S/C19H36O3/c1-3-4-12-17-14-11-15-18(22-17)13-9-7-5-6-8-10-16-19(20)21-2/h17-18H,3-16H2,1-2H3. The van der Waals surface area contributed by atoms with Crippen molar-refractivity contribution in [2.24, 2.45) is 0 Å². The van der Waals surface area contributed by atoms with Crippen molar-refractivity contribution in [3.05, 3.63) is 0 Å². The molecule has 1 aliphatic heterocycles. The second-order valence-electron chi connectivity index (χ2n) is 6.69. The van der Waals surface area contributed by atoms with Crippen molar-refractivity contribution in [2.75, 3.05) is 7.11 Å². The van der Waals surface area contributed by atoms with Crippen LogP contribution in [0.3, 0.4) is 0 Å². The molecule has 1 rings (SSSR count). The van der Waals surface area contributed by atoms with E-state index in [0.29, 0.717) is 18.6 Å². The van der Waals surface area contributed by atoms with Crippen LogP contribution in [-0.2, 0) is 14.3 Å². The molecule has 2 atom stereocenters. The number of carbonyl (C=O) groups is 1. The predicted octanol–water partition coefficient (Wildman–Crippen LogP) is 5.41. The summed E-state index contributed by atoms with van der Waals surface area (Å²) in [6, 6.07) is 0. The Hall–Kier alpha value is -0.570. The summed E-state index contributed by atoms with van der Waals surface area (Å²) in [5.74, 6) is -0.0768. The molecule has 0 N–H and O–H groups in total. The van der Waals surface area contributed by atoms with Crippen LogP contribution in [0, 0.1) is 0 Å². The summed E-state index contributed by atoms with van der Waals surface area (Å²) in [6.07, 6.45) is 17.9. The fourth-order valence-electron chi connectivity index (χ4n) is 3.29. The summed E-state index contributed by atoms with van der Waals surface area (Å²) in [7, 11) is 1.46. The maximum absolute atomic E-state index is 11.0. The first-order valence-electron chi connectivity index (χ1n) is 9.48. The van der Waals surface area contributed by atoms with E-state index in [0.717, 1.165) is 12.8 Å². The Bertz CT molecular complexity index is 278. The van der Waals surface area contributed by atoms with Gasteiger partial charge in [0.15, 0.2) is 0 Å². The molecule has 22 heavy (non-hydrogen) atoms. The third kappa shape index (κ3) is 9.45. The number of unbranched alkanes of at least 4 members (excludes halogenated alkanes) is 6. The molecule has 0 radical (unpaired) electrons. The van der Waals surface area contributed by atoms with Crippen LogP contribution < -0.4 is 0 Å². The van der Waals surface area contributed by atoms with Gasteiger partial charge in [0, 0.05) is 6.42 Å². The van der Waals surface area contributed by atoms with Crippen LogP contribution in [-0.4, -0.2) is 25.3 Å². The number of ether oxygens (including phenoxy) is 2. The lowest BCUT2D eigenvalue weighted by molar-refractivity contribution is -0.140. The summed E-state index contributed by atoms with van der Waals surface area (Å²) in [6.45, 7) is 2.26. The zero-order valence-electron chi connectivity index (χ0n) is 14.8. The van der Waals surface area contributed by atoms with Crippen molar-refractivity contribution in [2.45, 2.75) is 109 Å². The Morgan fingerprint density at radius 3 is 2.18 bits per heavy atom. The number of hydrogen-bond acceptors (Lipinski definition) is 3. The molecule has 3 nitrogen and oxygen atoms in total. The highest BCUT2D eigenvalue weighted by molar-refractivity contribution is 5.68. The molecule has 0 bridgehead atoms. The van der Waals surface area contributed by atoms with Gasteiger partial charge in [-0.05, 0) is 38.5 Å². The van der Waals surface area contributed by atoms with Crippen molar-refractivity contribution in [1.82, 2.24) is 0 Å². The molecule has 130 valence electrons. The van der Waals surface area contributed by atoms with Gasteiger partial charge >= 0.3 is 5.97 Å². The molecule has 0 spiro atoms. The summed E-state index contributed by atoms with van der Waals surface area (Å²) >= 11 is 0. The zero-order chi connectivity index (χ0) is 16.0. The number of esters is 1. The molecule has 0 amide bonds. The lowest BCUT2D eigenvalue weighted by Gasteiger charge is -2.30. The highest BCUT2D eigenvalue weighted by Crippen LogP contribution is 2.26. The molecule has 1 aliphatic rings. The maximum Gasteiger partial charge on any atom is 0.305 e. The minimum atomic E-state index is -0.0768. The normalized spacial score (nSPS) is 21.7. The average molecular weight is 312 g/mol. The van der Waals surface area contributed by atoms with Gasteiger partial charge in [0.25, 0.3) is 0 Å². The summed E-state index contributed by atoms with van der Waals surface area (Å²) in [5, 5.41) is 0. The van der Waals surface area contributed by atoms with Gasteiger partial charge in [-0.15, -0.1) is 0 Å². The molecule has 0 aromatic carbocycles. The van der Waals surface area contributed by atoms with Gasteiger partial charge in [-0.1, -0.05) is 51.9 Å². The van der Waals surface area contributed by atoms with Gasteiger partial charge in [-0.2, -0.15) is 0 Å². The fourth-order valence-corrected chi connectivity index (χ4v) is 3.29. The average Bonchev–Trinajstić information content (AvgIpc) is 2.55. The van der Waals surface area contributed by atoms with Crippen molar-refractivity contribution in [3.8, 4) is 0 Å². The van der Waals surface area contributed by atoms with Crippen LogP contribution in [0.1, 0.15) is 96.8 Å². The monoisotopic (exact) mass is 312 g/mol. The molecule has 1 fully saturated rings. The highest BCUT2D eigenvalue weighted by atomic mass is 16.5. The van der Waals surface area contributed by atoms with Crippen LogP contribution in [0.15, 0.2) is 0 Å². The van der Waals surface area contributed by atoms with Crippen LogP contribution >= 0.6 is 0 Å². The predicted molar refractivity (Wildman–Crippen MR) is 91.0 cm³/mol. The van der Waals surface area contributed by atoms with E-state index in [-0.39, 0.29) is 5.97 Å². The van der Waals surface area contributed by atoms with Crippen molar-refractivity contribution in [1.29, 1.82) is 0 Å². The van der Waals surface area contributed by atoms with Crippen molar-refractivity contribution >= 4 is 5.97 Å². The first-order chi connectivity index (χ1) is 10.8. The second-order valence-corrected chi connectivity index (χ2v) is 6.69. The van der Waals surface area contributed by atoms with Gasteiger partial charge in [0.2, 0.25) is 0 Å². The molecule has 0 saturated carbocycles. The molecule has 3 heteroatoms. The van der Waals surface area contributed by atoms with E-state index in [4.69, 9.17) is 4.74 Å². The third-order valence-corrected chi connectivity index (χ3v) is 4.70. The van der Waals surface area contributed by atoms with Crippen LogP contribution in [0.5, 0.6) is 0 Å². The summed E-state index contributed by atoms with van der Waals surface area (Å²) < 4.78 is 10.9. The van der Waals surface area contributed by atoms with E-state index in [9.17, 15) is 4.79 Å². The van der Waals surface area contributed by atoms with Crippen molar-refractivity contribution < 1.29 is 14.3 Å². The summed E-state index contributed by atoms with van der Waals surface area (Å²) in [4.78, 5) is 11.0. The van der Waals surface area contributed by atoms with Crippen LogP contribution in [0.4, 0.5) is 0 Å². The Kier molecular flexibility index (Phi) is 11.4. The summed E-state index contributed by atoms with van der Waals surface area (Å²) in [5.41, 5.74) is 0. The van der Waals surface area contributed by atoms with Crippen molar-refractivity contribution in [3.63, 3.8) is 0 Å². The van der Waals surface area contributed by atoms with E-state index in [1.54, 1.807) is 0 Å². The number of hydrogen-bond donors (Lipinski definition) is 0. The molecule has 0 aromatic heterocycles. The van der Waals surface area contributed by atoms with Gasteiger partial charge in [0.05, 0.1) is 19.3 Å². The minimum Gasteiger partial charge on any atom is -0.469 e. The maximum atomic E-state index is 11.0. The largest absolute Gasteiger partial charge is 0.469 e. The van der Waals surface area contributed by atoms with Crippen LogP contribution in [0.25, 0.3) is 0 Å². The lowest BCUT2D eigenvalue weighted by atomic mass is 9.97. The smallest absolute Gasteiger partial charge is 0.305 e. The van der Waals surface area contributed by atoms with Gasteiger partial charge in [-0.3, -0.25) is 4.79 Å². The molecular weight excluding hydrogens is 276 g/mol. The van der Waals surface area contributed by atoms with E-state index < -0.39 is 0 Å². The molecule has 1 heterocycles.